The van der Waals surface area contributed by atoms with Crippen LogP contribution in [0.4, 0.5) is 0 Å². The third-order valence-electron chi connectivity index (χ3n) is 2.04. The molecule has 0 fully saturated rings. The van der Waals surface area contributed by atoms with Crippen molar-refractivity contribution in [3.63, 3.8) is 0 Å². The first-order valence-electron chi connectivity index (χ1n) is 4.74. The average molecular weight is 223 g/mol. The Morgan fingerprint density at radius 1 is 1.47 bits per heavy atom. The third kappa shape index (κ3) is 2.40. The minimum atomic E-state index is 0.692. The van der Waals surface area contributed by atoms with Crippen molar-refractivity contribution in [1.29, 1.82) is 0 Å². The van der Waals surface area contributed by atoms with Crippen molar-refractivity contribution >= 4 is 11.3 Å². The van der Waals surface area contributed by atoms with Crippen LogP contribution < -0.4 is 5.32 Å². The topological polar surface area (TPSA) is 55.6 Å². The summed E-state index contributed by atoms with van der Waals surface area (Å²) in [5.41, 5.74) is 0. The van der Waals surface area contributed by atoms with Gasteiger partial charge in [-0.05, 0) is 36.5 Å². The molecule has 0 radical (unpaired) electrons. The van der Waals surface area contributed by atoms with Gasteiger partial charge in [0, 0.05) is 9.75 Å². The van der Waals surface area contributed by atoms with Gasteiger partial charge in [0.15, 0.2) is 5.82 Å². The van der Waals surface area contributed by atoms with E-state index in [1.807, 2.05) is 11.7 Å². The molecule has 0 aliphatic heterocycles. The van der Waals surface area contributed by atoms with Crippen LogP contribution in [0.5, 0.6) is 0 Å². The molecule has 6 heteroatoms. The Morgan fingerprint density at radius 3 is 3.00 bits per heavy atom. The predicted molar refractivity (Wildman–Crippen MR) is 58.7 cm³/mol. The SMILES string of the molecule is CNCc1nnnn1Cc1ccc(C)s1. The maximum atomic E-state index is 3.96. The lowest BCUT2D eigenvalue weighted by Gasteiger charge is -2.01. The summed E-state index contributed by atoms with van der Waals surface area (Å²) in [7, 11) is 1.88. The Balaban J connectivity index is 2.13. The summed E-state index contributed by atoms with van der Waals surface area (Å²) >= 11 is 1.78. The molecule has 0 saturated heterocycles. The summed E-state index contributed by atoms with van der Waals surface area (Å²) in [6, 6.07) is 4.23. The van der Waals surface area contributed by atoms with Crippen molar-refractivity contribution in [2.45, 2.75) is 20.0 Å². The molecule has 2 aromatic rings. The van der Waals surface area contributed by atoms with Crippen LogP contribution in [0.2, 0.25) is 0 Å². The smallest absolute Gasteiger partial charge is 0.165 e. The zero-order chi connectivity index (χ0) is 10.7. The molecule has 15 heavy (non-hydrogen) atoms. The number of tetrazole rings is 1. The highest BCUT2D eigenvalue weighted by Crippen LogP contribution is 2.16. The van der Waals surface area contributed by atoms with Crippen LogP contribution in [0.1, 0.15) is 15.6 Å². The Bertz CT molecular complexity index is 433. The number of hydrogen-bond donors (Lipinski definition) is 1. The van der Waals surface area contributed by atoms with Gasteiger partial charge in [0.1, 0.15) is 0 Å². The second-order valence-electron chi connectivity index (χ2n) is 3.30. The summed E-state index contributed by atoms with van der Waals surface area (Å²) in [5.74, 6) is 0.864. The number of hydrogen-bond acceptors (Lipinski definition) is 5. The number of nitrogens with zero attached hydrogens (tertiary/aromatic N) is 4. The molecule has 0 atom stereocenters. The van der Waals surface area contributed by atoms with Gasteiger partial charge in [0.2, 0.25) is 0 Å². The number of aryl methyl sites for hydroxylation is 1. The van der Waals surface area contributed by atoms with Crippen molar-refractivity contribution in [2.24, 2.45) is 0 Å². The lowest BCUT2D eigenvalue weighted by atomic mass is 10.4. The Labute approximate surface area is 92.1 Å². The van der Waals surface area contributed by atoms with E-state index < -0.39 is 0 Å². The minimum absolute atomic E-state index is 0.692. The van der Waals surface area contributed by atoms with Gasteiger partial charge in [-0.1, -0.05) is 0 Å². The number of rotatable bonds is 4. The number of nitrogens with one attached hydrogen (secondary N) is 1. The summed E-state index contributed by atoms with van der Waals surface area (Å²) in [4.78, 5) is 2.59. The maximum Gasteiger partial charge on any atom is 0.165 e. The van der Waals surface area contributed by atoms with Crippen molar-refractivity contribution in [3.8, 4) is 0 Å². The van der Waals surface area contributed by atoms with Gasteiger partial charge in [-0.3, -0.25) is 0 Å². The Hall–Kier alpha value is -1.27. The molecule has 5 nitrogen and oxygen atoms in total. The molecule has 1 N–H and O–H groups in total. The largest absolute Gasteiger partial charge is 0.313 e. The quantitative estimate of drug-likeness (QED) is 0.833. The van der Waals surface area contributed by atoms with Crippen LogP contribution >= 0.6 is 11.3 Å². The van der Waals surface area contributed by atoms with E-state index in [1.54, 1.807) is 11.3 Å². The van der Waals surface area contributed by atoms with Crippen molar-refractivity contribution in [3.05, 3.63) is 27.7 Å². The molecule has 0 aromatic carbocycles. The molecule has 0 amide bonds. The van der Waals surface area contributed by atoms with Gasteiger partial charge in [-0.2, -0.15) is 0 Å². The molecule has 80 valence electrons. The standard InChI is InChI=1S/C9H13N5S/c1-7-3-4-8(15-7)6-14-9(5-10-2)11-12-13-14/h3-4,10H,5-6H2,1-2H3. The highest BCUT2D eigenvalue weighted by Gasteiger charge is 2.06. The van der Waals surface area contributed by atoms with Gasteiger partial charge < -0.3 is 5.32 Å². The van der Waals surface area contributed by atoms with E-state index in [1.165, 1.54) is 9.75 Å². The molecule has 2 heterocycles. The van der Waals surface area contributed by atoms with Crippen LogP contribution in [0, 0.1) is 6.92 Å². The summed E-state index contributed by atoms with van der Waals surface area (Å²) in [5, 5.41) is 14.6. The van der Waals surface area contributed by atoms with Crippen LogP contribution in [0.3, 0.4) is 0 Å². The zero-order valence-electron chi connectivity index (χ0n) is 8.77. The van der Waals surface area contributed by atoms with Gasteiger partial charge in [-0.25, -0.2) is 4.68 Å². The van der Waals surface area contributed by atoms with E-state index in [0.717, 1.165) is 12.4 Å². The Kier molecular flexibility index (Phi) is 3.08. The third-order valence-corrected chi connectivity index (χ3v) is 3.03. The highest BCUT2D eigenvalue weighted by molar-refractivity contribution is 7.11. The molecule has 0 spiro atoms. The van der Waals surface area contributed by atoms with Crippen LogP contribution in [0.15, 0.2) is 12.1 Å². The average Bonchev–Trinajstić information content (AvgIpc) is 2.78. The fourth-order valence-electron chi connectivity index (χ4n) is 1.35. The molecule has 0 unspecified atom stereocenters. The molecular formula is C9H13N5S. The zero-order valence-corrected chi connectivity index (χ0v) is 9.58. The molecule has 0 bridgehead atoms. The van der Waals surface area contributed by atoms with Crippen LogP contribution in [-0.2, 0) is 13.1 Å². The summed E-state index contributed by atoms with van der Waals surface area (Å²) in [6.45, 7) is 3.54. The summed E-state index contributed by atoms with van der Waals surface area (Å²) < 4.78 is 1.82. The number of aromatic nitrogens is 4. The van der Waals surface area contributed by atoms with Crippen LogP contribution in [0.25, 0.3) is 0 Å². The first-order valence-corrected chi connectivity index (χ1v) is 5.56. The predicted octanol–water partition coefficient (Wildman–Crippen LogP) is 0.811. The van der Waals surface area contributed by atoms with E-state index >= 15 is 0 Å². The van der Waals surface area contributed by atoms with Gasteiger partial charge in [-0.15, -0.1) is 16.4 Å². The lowest BCUT2D eigenvalue weighted by Crippen LogP contribution is -2.13. The van der Waals surface area contributed by atoms with E-state index in [2.05, 4.69) is 39.9 Å². The molecule has 2 rings (SSSR count). The van der Waals surface area contributed by atoms with Gasteiger partial charge in [0.25, 0.3) is 0 Å². The highest BCUT2D eigenvalue weighted by atomic mass is 32.1. The molecule has 0 aliphatic rings. The molecule has 0 saturated carbocycles. The van der Waals surface area contributed by atoms with Gasteiger partial charge in [0.05, 0.1) is 13.1 Å². The van der Waals surface area contributed by atoms with Crippen LogP contribution in [-0.4, -0.2) is 27.3 Å². The summed E-state index contributed by atoms with van der Waals surface area (Å²) in [6.07, 6.45) is 0. The fraction of sp³-hybridized carbons (Fsp3) is 0.444. The van der Waals surface area contributed by atoms with Crippen molar-refractivity contribution in [1.82, 2.24) is 25.5 Å². The minimum Gasteiger partial charge on any atom is -0.313 e. The molecule has 0 aliphatic carbocycles. The number of thiophene rings is 1. The normalized spacial score (nSPS) is 10.8. The monoisotopic (exact) mass is 223 g/mol. The Morgan fingerprint density at radius 2 is 2.33 bits per heavy atom. The van der Waals surface area contributed by atoms with E-state index in [0.29, 0.717) is 6.54 Å². The van der Waals surface area contributed by atoms with Gasteiger partial charge >= 0.3 is 0 Å². The second kappa shape index (κ2) is 4.50. The first kappa shape index (κ1) is 10.3. The van der Waals surface area contributed by atoms with E-state index in [9.17, 15) is 0 Å². The lowest BCUT2D eigenvalue weighted by molar-refractivity contribution is 0.605. The van der Waals surface area contributed by atoms with Crippen molar-refractivity contribution in [2.75, 3.05) is 7.05 Å². The molecule has 2 aromatic heterocycles. The van der Waals surface area contributed by atoms with Crippen molar-refractivity contribution < 1.29 is 0 Å². The first-order chi connectivity index (χ1) is 7.29. The van der Waals surface area contributed by atoms with E-state index in [4.69, 9.17) is 0 Å². The molecular weight excluding hydrogens is 210 g/mol. The second-order valence-corrected chi connectivity index (χ2v) is 4.67. The fourth-order valence-corrected chi connectivity index (χ4v) is 2.22. The maximum absolute atomic E-state index is 3.96. The van der Waals surface area contributed by atoms with E-state index in [-0.39, 0.29) is 0 Å².